The van der Waals surface area contributed by atoms with Gasteiger partial charge in [0.05, 0.1) is 17.4 Å². The van der Waals surface area contributed by atoms with Crippen molar-refractivity contribution in [3.8, 4) is 0 Å². The Hall–Kier alpha value is -1.69. The number of nitrogens with one attached hydrogen (secondary N) is 1. The zero-order valence-corrected chi connectivity index (χ0v) is 17.8. The van der Waals surface area contributed by atoms with Crippen LogP contribution in [0.3, 0.4) is 0 Å². The Balaban J connectivity index is 2.14. The molecule has 0 bridgehead atoms. The van der Waals surface area contributed by atoms with E-state index in [0.717, 1.165) is 38.0 Å². The van der Waals surface area contributed by atoms with E-state index in [4.69, 9.17) is 10.5 Å². The smallest absolute Gasteiger partial charge is 0.252 e. The molecule has 152 valence electrons. The number of primary amides is 1. The van der Waals surface area contributed by atoms with E-state index < -0.39 is 5.91 Å². The van der Waals surface area contributed by atoms with Crippen molar-refractivity contribution in [1.82, 2.24) is 9.97 Å². The molecule has 1 aromatic rings. The number of ether oxygens (including phenoxy) is 1. The third-order valence-corrected chi connectivity index (χ3v) is 6.18. The van der Waals surface area contributed by atoms with Crippen LogP contribution in [0.15, 0.2) is 6.20 Å². The first kappa shape index (κ1) is 21.6. The number of rotatable bonds is 7. The van der Waals surface area contributed by atoms with Gasteiger partial charge in [0, 0.05) is 18.8 Å². The Kier molecular flexibility index (Phi) is 6.84. The summed E-state index contributed by atoms with van der Waals surface area (Å²) in [7, 11) is 0. The molecule has 0 aromatic carbocycles. The van der Waals surface area contributed by atoms with Gasteiger partial charge in [-0.3, -0.25) is 4.79 Å². The Morgan fingerprint density at radius 1 is 1.22 bits per heavy atom. The van der Waals surface area contributed by atoms with Crippen LogP contribution in [0.25, 0.3) is 0 Å². The predicted molar refractivity (Wildman–Crippen MR) is 109 cm³/mol. The van der Waals surface area contributed by atoms with Crippen molar-refractivity contribution in [1.29, 1.82) is 0 Å². The Labute approximate surface area is 163 Å². The quantitative estimate of drug-likeness (QED) is 0.752. The lowest BCUT2D eigenvalue weighted by Gasteiger charge is -2.39. The fourth-order valence-electron chi connectivity index (χ4n) is 3.30. The third-order valence-electron chi connectivity index (χ3n) is 6.18. The van der Waals surface area contributed by atoms with Crippen molar-refractivity contribution in [3.63, 3.8) is 0 Å². The summed E-state index contributed by atoms with van der Waals surface area (Å²) in [5, 5.41) is 3.44. The van der Waals surface area contributed by atoms with Crippen LogP contribution in [-0.4, -0.2) is 34.6 Å². The van der Waals surface area contributed by atoms with Crippen LogP contribution in [0.4, 0.5) is 5.95 Å². The molecule has 0 unspecified atom stereocenters. The van der Waals surface area contributed by atoms with Gasteiger partial charge in [0.25, 0.3) is 5.91 Å². The summed E-state index contributed by atoms with van der Waals surface area (Å²) < 4.78 is 5.72. The first-order valence-corrected chi connectivity index (χ1v) is 10.1. The lowest BCUT2D eigenvalue weighted by atomic mass is 9.66. The van der Waals surface area contributed by atoms with Crippen LogP contribution in [0.2, 0.25) is 0 Å². The SMILES string of the molecule is CCOC1CCC(Nc2ncc(C(N)=O)c(CC(C)(C)C(C)(C)C)n2)CC1. The second-order valence-corrected chi connectivity index (χ2v) is 9.30. The number of nitrogens with two attached hydrogens (primary N) is 1. The van der Waals surface area contributed by atoms with E-state index in [9.17, 15) is 4.79 Å². The number of nitrogens with zero attached hydrogens (tertiary/aromatic N) is 2. The van der Waals surface area contributed by atoms with Gasteiger partial charge in [0.1, 0.15) is 0 Å². The van der Waals surface area contributed by atoms with Crippen molar-refractivity contribution in [2.24, 2.45) is 16.6 Å². The number of hydrogen-bond acceptors (Lipinski definition) is 5. The molecule has 1 saturated carbocycles. The van der Waals surface area contributed by atoms with Crippen LogP contribution in [0, 0.1) is 10.8 Å². The van der Waals surface area contributed by atoms with Gasteiger partial charge in [0.15, 0.2) is 0 Å². The molecule has 1 aliphatic rings. The van der Waals surface area contributed by atoms with E-state index in [2.05, 4.69) is 49.9 Å². The van der Waals surface area contributed by atoms with Gasteiger partial charge in [-0.05, 0) is 49.9 Å². The zero-order valence-electron chi connectivity index (χ0n) is 17.8. The molecule has 6 nitrogen and oxygen atoms in total. The molecule has 0 radical (unpaired) electrons. The first-order valence-electron chi connectivity index (χ1n) is 10.1. The number of amides is 1. The maximum absolute atomic E-state index is 11.9. The Morgan fingerprint density at radius 2 is 1.85 bits per heavy atom. The Bertz CT molecular complexity index is 644. The van der Waals surface area contributed by atoms with E-state index in [1.165, 1.54) is 0 Å². The molecule has 1 aromatic heterocycles. The molecular formula is C21H36N4O2. The lowest BCUT2D eigenvalue weighted by Crippen LogP contribution is -2.34. The van der Waals surface area contributed by atoms with E-state index >= 15 is 0 Å². The second-order valence-electron chi connectivity index (χ2n) is 9.30. The van der Waals surface area contributed by atoms with Crippen LogP contribution < -0.4 is 11.1 Å². The number of aromatic nitrogens is 2. The second kappa shape index (κ2) is 8.55. The summed E-state index contributed by atoms with van der Waals surface area (Å²) in [6.45, 7) is 13.8. The summed E-state index contributed by atoms with van der Waals surface area (Å²) in [6, 6.07) is 0.338. The lowest BCUT2D eigenvalue weighted by molar-refractivity contribution is 0.0346. The molecule has 0 saturated heterocycles. The fourth-order valence-corrected chi connectivity index (χ4v) is 3.30. The Morgan fingerprint density at radius 3 is 2.37 bits per heavy atom. The molecule has 1 aliphatic carbocycles. The topological polar surface area (TPSA) is 90.1 Å². The fraction of sp³-hybridized carbons (Fsp3) is 0.762. The molecule has 27 heavy (non-hydrogen) atoms. The van der Waals surface area contributed by atoms with Crippen molar-refractivity contribution in [3.05, 3.63) is 17.5 Å². The number of hydrogen-bond donors (Lipinski definition) is 2. The van der Waals surface area contributed by atoms with Crippen molar-refractivity contribution >= 4 is 11.9 Å². The molecule has 3 N–H and O–H groups in total. The normalized spacial score (nSPS) is 21.1. The molecule has 6 heteroatoms. The highest BCUT2D eigenvalue weighted by Crippen LogP contribution is 2.40. The molecule has 1 amide bonds. The highest BCUT2D eigenvalue weighted by Gasteiger charge is 2.34. The average Bonchev–Trinajstić information content (AvgIpc) is 2.55. The molecule has 1 heterocycles. The summed E-state index contributed by atoms with van der Waals surface area (Å²) in [4.78, 5) is 20.9. The maximum atomic E-state index is 11.9. The van der Waals surface area contributed by atoms with Gasteiger partial charge in [-0.25, -0.2) is 9.97 Å². The van der Waals surface area contributed by atoms with Gasteiger partial charge in [-0.1, -0.05) is 34.6 Å². The minimum Gasteiger partial charge on any atom is -0.379 e. The standard InChI is InChI=1S/C21H36N4O2/c1-7-27-15-10-8-14(9-11-15)24-19-23-13-16(18(22)26)17(25-19)12-21(5,6)20(2,3)4/h13-15H,7-12H2,1-6H3,(H2,22,26)(H,23,24,25). The van der Waals surface area contributed by atoms with Gasteiger partial charge in [-0.2, -0.15) is 0 Å². The molecule has 0 aliphatic heterocycles. The first-order chi connectivity index (χ1) is 12.5. The van der Waals surface area contributed by atoms with E-state index in [-0.39, 0.29) is 10.8 Å². The summed E-state index contributed by atoms with van der Waals surface area (Å²) >= 11 is 0. The minimum atomic E-state index is -0.474. The van der Waals surface area contributed by atoms with Crippen molar-refractivity contribution in [2.75, 3.05) is 11.9 Å². The highest BCUT2D eigenvalue weighted by molar-refractivity contribution is 5.93. The highest BCUT2D eigenvalue weighted by atomic mass is 16.5. The van der Waals surface area contributed by atoms with Gasteiger partial charge in [-0.15, -0.1) is 0 Å². The van der Waals surface area contributed by atoms with Crippen LogP contribution in [-0.2, 0) is 11.2 Å². The third kappa shape index (κ3) is 5.64. The summed E-state index contributed by atoms with van der Waals surface area (Å²) in [5.74, 6) is 0.109. The minimum absolute atomic E-state index is 0.0433. The van der Waals surface area contributed by atoms with Gasteiger partial charge >= 0.3 is 0 Å². The number of carbonyl (C=O) groups is 1. The average molecular weight is 377 g/mol. The molecular weight excluding hydrogens is 340 g/mol. The van der Waals surface area contributed by atoms with Crippen LogP contribution in [0.5, 0.6) is 0 Å². The van der Waals surface area contributed by atoms with E-state index in [1.807, 2.05) is 6.92 Å². The van der Waals surface area contributed by atoms with E-state index in [0.29, 0.717) is 30.1 Å². The largest absolute Gasteiger partial charge is 0.379 e. The van der Waals surface area contributed by atoms with Crippen molar-refractivity contribution in [2.45, 2.75) is 85.8 Å². The summed E-state index contributed by atoms with van der Waals surface area (Å²) in [6.07, 6.45) is 6.78. The molecule has 1 fully saturated rings. The van der Waals surface area contributed by atoms with Gasteiger partial charge < -0.3 is 15.8 Å². The monoisotopic (exact) mass is 376 g/mol. The maximum Gasteiger partial charge on any atom is 0.252 e. The van der Waals surface area contributed by atoms with Gasteiger partial charge in [0.2, 0.25) is 5.95 Å². The molecule has 0 spiro atoms. The molecule has 0 atom stereocenters. The summed E-state index contributed by atoms with van der Waals surface area (Å²) in [5.41, 5.74) is 6.73. The predicted octanol–water partition coefficient (Wildman–Crippen LogP) is 3.95. The van der Waals surface area contributed by atoms with Crippen molar-refractivity contribution < 1.29 is 9.53 Å². The van der Waals surface area contributed by atoms with Crippen LogP contribution in [0.1, 0.15) is 83.3 Å². The van der Waals surface area contributed by atoms with Crippen LogP contribution >= 0.6 is 0 Å². The zero-order chi connectivity index (χ0) is 20.2. The van der Waals surface area contributed by atoms with E-state index in [1.54, 1.807) is 6.20 Å². The number of anilines is 1. The molecule has 2 rings (SSSR count). The number of carbonyl (C=O) groups excluding carboxylic acids is 1.